The number of hydrogen-bond acceptors (Lipinski definition) is 7. The van der Waals surface area contributed by atoms with E-state index in [9.17, 15) is 8.42 Å². The Balaban J connectivity index is 1.51. The second kappa shape index (κ2) is 10.2. The molecule has 4 rings (SSSR count). The lowest BCUT2D eigenvalue weighted by Gasteiger charge is -2.25. The average molecular weight is 477 g/mol. The van der Waals surface area contributed by atoms with E-state index in [2.05, 4.69) is 16.6 Å². The third-order valence-electron chi connectivity index (χ3n) is 5.45. The van der Waals surface area contributed by atoms with Gasteiger partial charge in [0.2, 0.25) is 10.0 Å². The molecular weight excluding hydrogens is 448 g/mol. The van der Waals surface area contributed by atoms with Gasteiger partial charge in [-0.2, -0.15) is 4.31 Å². The minimum Gasteiger partial charge on any atom is -0.493 e. The molecule has 0 N–H and O–H groups in total. The molecule has 172 valence electrons. The zero-order valence-corrected chi connectivity index (χ0v) is 20.0. The van der Waals surface area contributed by atoms with Gasteiger partial charge < -0.3 is 14.0 Å². The number of rotatable bonds is 10. The van der Waals surface area contributed by atoms with Crippen LogP contribution in [-0.2, 0) is 27.7 Å². The Labute approximate surface area is 193 Å². The number of benzene rings is 1. The smallest absolute Gasteiger partial charge is 0.248 e. The Bertz CT molecular complexity index is 1100. The standard InChI is InChI=1S/C23H28N2O5S2/c1-17-23(18(2)30-24-17)32(26,27)25(16-21-8-4-11-28-21)15-19-6-3-7-20(14-19)29-12-10-22-9-5-13-31-22/h3,5-7,9,13-14,21H,4,8,10-12,15-16H2,1-2H3. The highest BCUT2D eigenvalue weighted by atomic mass is 32.2. The van der Waals surface area contributed by atoms with Crippen molar-refractivity contribution in [2.75, 3.05) is 19.8 Å². The van der Waals surface area contributed by atoms with Crippen LogP contribution in [0.15, 0.2) is 51.2 Å². The van der Waals surface area contributed by atoms with E-state index in [1.807, 2.05) is 30.3 Å². The molecule has 9 heteroatoms. The third kappa shape index (κ3) is 5.40. The van der Waals surface area contributed by atoms with Crippen LogP contribution in [0.4, 0.5) is 0 Å². The van der Waals surface area contributed by atoms with E-state index in [0.29, 0.717) is 24.7 Å². The first-order valence-corrected chi connectivity index (χ1v) is 13.0. The summed E-state index contributed by atoms with van der Waals surface area (Å²) in [6, 6.07) is 11.7. The molecule has 32 heavy (non-hydrogen) atoms. The van der Waals surface area contributed by atoms with Crippen molar-refractivity contribution < 1.29 is 22.4 Å². The SMILES string of the molecule is Cc1noc(C)c1S(=O)(=O)N(Cc1cccc(OCCc2cccs2)c1)CC1CCCO1. The van der Waals surface area contributed by atoms with Crippen LogP contribution < -0.4 is 4.74 Å². The summed E-state index contributed by atoms with van der Waals surface area (Å²) >= 11 is 1.71. The predicted molar refractivity (Wildman–Crippen MR) is 123 cm³/mol. The van der Waals surface area contributed by atoms with Gasteiger partial charge in [-0.15, -0.1) is 11.3 Å². The first-order valence-electron chi connectivity index (χ1n) is 10.7. The van der Waals surface area contributed by atoms with Crippen LogP contribution in [-0.4, -0.2) is 43.7 Å². The number of hydrogen-bond donors (Lipinski definition) is 0. The summed E-state index contributed by atoms with van der Waals surface area (Å²) in [7, 11) is -3.81. The predicted octanol–water partition coefficient (Wildman–Crippen LogP) is 4.34. The van der Waals surface area contributed by atoms with E-state index < -0.39 is 10.0 Å². The topological polar surface area (TPSA) is 81.9 Å². The molecule has 3 heterocycles. The van der Waals surface area contributed by atoms with Crippen LogP contribution in [0.1, 0.15) is 34.7 Å². The highest BCUT2D eigenvalue weighted by Crippen LogP contribution is 2.27. The van der Waals surface area contributed by atoms with Gasteiger partial charge in [-0.25, -0.2) is 8.42 Å². The molecule has 1 aliphatic heterocycles. The van der Waals surface area contributed by atoms with Gasteiger partial charge in [0.1, 0.15) is 16.3 Å². The Kier molecular flexibility index (Phi) is 7.30. The molecule has 0 amide bonds. The minimum absolute atomic E-state index is 0.115. The van der Waals surface area contributed by atoms with Gasteiger partial charge in [-0.05, 0) is 55.8 Å². The molecule has 1 atom stereocenters. The van der Waals surface area contributed by atoms with E-state index in [-0.39, 0.29) is 24.1 Å². The van der Waals surface area contributed by atoms with E-state index in [4.69, 9.17) is 14.0 Å². The highest BCUT2D eigenvalue weighted by Gasteiger charge is 2.33. The molecule has 7 nitrogen and oxygen atoms in total. The maximum absolute atomic E-state index is 13.6. The van der Waals surface area contributed by atoms with Crippen molar-refractivity contribution in [2.45, 2.75) is 50.7 Å². The Morgan fingerprint density at radius 2 is 2.12 bits per heavy atom. The third-order valence-corrected chi connectivity index (χ3v) is 8.44. The average Bonchev–Trinajstić information content (AvgIpc) is 3.51. The van der Waals surface area contributed by atoms with E-state index in [1.165, 1.54) is 9.18 Å². The summed E-state index contributed by atoms with van der Waals surface area (Å²) in [6.45, 7) is 5.01. The first-order chi connectivity index (χ1) is 15.4. The van der Waals surface area contributed by atoms with Crippen molar-refractivity contribution in [3.05, 3.63) is 63.7 Å². The van der Waals surface area contributed by atoms with E-state index >= 15 is 0 Å². The molecule has 0 saturated carbocycles. The van der Waals surface area contributed by atoms with Crippen LogP contribution in [0, 0.1) is 13.8 Å². The van der Waals surface area contributed by atoms with Gasteiger partial charge in [-0.1, -0.05) is 23.4 Å². The monoisotopic (exact) mass is 476 g/mol. The molecule has 1 aromatic carbocycles. The zero-order valence-electron chi connectivity index (χ0n) is 18.3. The second-order valence-electron chi connectivity index (χ2n) is 7.91. The first kappa shape index (κ1) is 23.0. The van der Waals surface area contributed by atoms with Gasteiger partial charge in [0, 0.05) is 31.0 Å². The molecular formula is C23H28N2O5S2. The van der Waals surface area contributed by atoms with Gasteiger partial charge in [0.15, 0.2) is 5.76 Å². The molecule has 2 aromatic heterocycles. The van der Waals surface area contributed by atoms with Crippen molar-refractivity contribution in [2.24, 2.45) is 0 Å². The lowest BCUT2D eigenvalue weighted by molar-refractivity contribution is 0.0925. The number of thiophene rings is 1. The molecule has 0 aliphatic carbocycles. The summed E-state index contributed by atoms with van der Waals surface area (Å²) in [5, 5.41) is 5.89. The number of ether oxygens (including phenoxy) is 2. The maximum atomic E-state index is 13.6. The quantitative estimate of drug-likeness (QED) is 0.433. The molecule has 1 fully saturated rings. The van der Waals surface area contributed by atoms with Crippen molar-refractivity contribution in [1.29, 1.82) is 0 Å². The van der Waals surface area contributed by atoms with Gasteiger partial charge in [0.05, 0.1) is 12.7 Å². The van der Waals surface area contributed by atoms with Crippen LogP contribution in [0.2, 0.25) is 0 Å². The lowest BCUT2D eigenvalue weighted by Crippen LogP contribution is -2.37. The molecule has 0 bridgehead atoms. The summed E-state index contributed by atoms with van der Waals surface area (Å²) in [6.07, 6.45) is 2.51. The zero-order chi connectivity index (χ0) is 22.6. The second-order valence-corrected chi connectivity index (χ2v) is 10.8. The normalized spacial score (nSPS) is 16.7. The Morgan fingerprint density at radius 1 is 1.25 bits per heavy atom. The molecule has 1 saturated heterocycles. The fraction of sp³-hybridized carbons (Fsp3) is 0.435. The van der Waals surface area contributed by atoms with Crippen LogP contribution >= 0.6 is 11.3 Å². The fourth-order valence-electron chi connectivity index (χ4n) is 3.90. The Morgan fingerprint density at radius 3 is 2.81 bits per heavy atom. The molecule has 0 spiro atoms. The van der Waals surface area contributed by atoms with Gasteiger partial charge in [0.25, 0.3) is 0 Å². The highest BCUT2D eigenvalue weighted by molar-refractivity contribution is 7.89. The van der Waals surface area contributed by atoms with Crippen LogP contribution in [0.5, 0.6) is 5.75 Å². The van der Waals surface area contributed by atoms with Gasteiger partial charge in [-0.3, -0.25) is 0 Å². The number of aryl methyl sites for hydroxylation is 2. The number of nitrogens with zero attached hydrogens (tertiary/aromatic N) is 2. The number of sulfonamides is 1. The van der Waals surface area contributed by atoms with Crippen LogP contribution in [0.3, 0.4) is 0 Å². The minimum atomic E-state index is -3.81. The van der Waals surface area contributed by atoms with E-state index in [1.54, 1.807) is 25.2 Å². The van der Waals surface area contributed by atoms with Crippen molar-refractivity contribution >= 4 is 21.4 Å². The Hall–Kier alpha value is -2.20. The number of aromatic nitrogens is 1. The lowest BCUT2D eigenvalue weighted by atomic mass is 10.2. The summed E-state index contributed by atoms with van der Waals surface area (Å²) in [5.41, 5.74) is 1.22. The summed E-state index contributed by atoms with van der Waals surface area (Å²) in [5.74, 6) is 1.02. The fourth-order valence-corrected chi connectivity index (χ4v) is 6.34. The van der Waals surface area contributed by atoms with Crippen LogP contribution in [0.25, 0.3) is 0 Å². The van der Waals surface area contributed by atoms with Crippen molar-refractivity contribution in [3.8, 4) is 5.75 Å². The van der Waals surface area contributed by atoms with Crippen molar-refractivity contribution in [1.82, 2.24) is 9.46 Å². The van der Waals surface area contributed by atoms with E-state index in [0.717, 1.165) is 30.6 Å². The molecule has 0 radical (unpaired) electrons. The molecule has 1 unspecified atom stereocenters. The van der Waals surface area contributed by atoms with Gasteiger partial charge >= 0.3 is 0 Å². The largest absolute Gasteiger partial charge is 0.493 e. The molecule has 1 aliphatic rings. The summed E-state index contributed by atoms with van der Waals surface area (Å²) in [4.78, 5) is 1.41. The summed E-state index contributed by atoms with van der Waals surface area (Å²) < 4.78 is 45.4. The maximum Gasteiger partial charge on any atom is 0.248 e. The molecule has 3 aromatic rings. The van der Waals surface area contributed by atoms with Crippen molar-refractivity contribution in [3.63, 3.8) is 0 Å².